The van der Waals surface area contributed by atoms with E-state index in [2.05, 4.69) is 19.2 Å². The molecule has 0 radical (unpaired) electrons. The van der Waals surface area contributed by atoms with Crippen molar-refractivity contribution in [1.29, 1.82) is 0 Å². The molecule has 0 aliphatic rings. The van der Waals surface area contributed by atoms with E-state index in [1.807, 2.05) is 21.1 Å². The van der Waals surface area contributed by atoms with Crippen LogP contribution in [0, 0.1) is 0 Å². The molecule has 0 saturated carbocycles. The van der Waals surface area contributed by atoms with Crippen molar-refractivity contribution < 1.29 is 32.9 Å². The van der Waals surface area contributed by atoms with Gasteiger partial charge in [-0.3, -0.25) is 9.36 Å². The number of rotatable bonds is 55. The van der Waals surface area contributed by atoms with Crippen LogP contribution in [-0.4, -0.2) is 68.5 Å². The molecular weight excluding hydrogens is 840 g/mol. The summed E-state index contributed by atoms with van der Waals surface area (Å²) in [5.41, 5.74) is 0. The second-order valence-electron chi connectivity index (χ2n) is 21.7. The number of likely N-dealkylation sites (N-methyl/N-ethyl adjacent to an activating group) is 1. The Labute approximate surface area is 412 Å². The van der Waals surface area contributed by atoms with Crippen LogP contribution in [-0.2, 0) is 18.4 Å². The average molecular weight is 958 g/mol. The highest BCUT2D eigenvalue weighted by Crippen LogP contribution is 2.38. The fraction of sp³-hybridized carbons (Fsp3) is 0.982. The third kappa shape index (κ3) is 51.4. The number of phosphoric acid groups is 1. The van der Waals surface area contributed by atoms with Gasteiger partial charge in [0.05, 0.1) is 39.9 Å². The zero-order valence-electron chi connectivity index (χ0n) is 45.2. The van der Waals surface area contributed by atoms with E-state index in [4.69, 9.17) is 9.05 Å². The first-order valence-electron chi connectivity index (χ1n) is 29.4. The van der Waals surface area contributed by atoms with Crippen molar-refractivity contribution in [1.82, 2.24) is 5.32 Å². The SMILES string of the molecule is CCCCCCCCCCCCCCCCCCCCCCCCCCCCCCCCCCC(=O)N[C@@H](COP(=O)([O-])OCC[N+](C)(C)C)[C@H](O)CCCCCCCCCCCCCC. The summed E-state index contributed by atoms with van der Waals surface area (Å²) >= 11 is 0. The van der Waals surface area contributed by atoms with Crippen molar-refractivity contribution in [3.05, 3.63) is 0 Å². The van der Waals surface area contributed by atoms with Crippen molar-refractivity contribution in [2.24, 2.45) is 0 Å². The second-order valence-corrected chi connectivity index (χ2v) is 23.1. The lowest BCUT2D eigenvalue weighted by atomic mass is 10.0. The molecule has 3 atom stereocenters. The lowest BCUT2D eigenvalue weighted by molar-refractivity contribution is -0.870. The zero-order chi connectivity index (χ0) is 48.5. The largest absolute Gasteiger partial charge is 0.756 e. The van der Waals surface area contributed by atoms with E-state index in [-0.39, 0.29) is 19.1 Å². The van der Waals surface area contributed by atoms with Gasteiger partial charge >= 0.3 is 0 Å². The molecule has 0 aliphatic carbocycles. The van der Waals surface area contributed by atoms with Crippen molar-refractivity contribution >= 4 is 13.7 Å². The van der Waals surface area contributed by atoms with Gasteiger partial charge in [0.15, 0.2) is 0 Å². The highest BCUT2D eigenvalue weighted by molar-refractivity contribution is 7.45. The van der Waals surface area contributed by atoms with Gasteiger partial charge in [-0.25, -0.2) is 0 Å². The van der Waals surface area contributed by atoms with Crippen molar-refractivity contribution in [3.8, 4) is 0 Å². The molecule has 0 aromatic heterocycles. The average Bonchev–Trinajstić information content (AvgIpc) is 3.28. The molecule has 0 aliphatic heterocycles. The van der Waals surface area contributed by atoms with E-state index < -0.39 is 20.0 Å². The third-order valence-electron chi connectivity index (χ3n) is 13.8. The fourth-order valence-electron chi connectivity index (χ4n) is 9.22. The Morgan fingerprint density at radius 1 is 0.470 bits per heavy atom. The minimum absolute atomic E-state index is 0.0163. The number of unbranched alkanes of at least 4 members (excludes halogenated alkanes) is 42. The van der Waals surface area contributed by atoms with Gasteiger partial charge in [-0.15, -0.1) is 0 Å². The molecule has 0 aromatic carbocycles. The molecule has 0 saturated heterocycles. The normalized spacial score (nSPS) is 13.9. The van der Waals surface area contributed by atoms with Gasteiger partial charge in [0.2, 0.25) is 5.91 Å². The van der Waals surface area contributed by atoms with Gasteiger partial charge in [0, 0.05) is 6.42 Å². The quantitative estimate of drug-likeness (QED) is 0.0357. The molecule has 0 fully saturated rings. The van der Waals surface area contributed by atoms with Gasteiger partial charge in [0.25, 0.3) is 7.82 Å². The van der Waals surface area contributed by atoms with Crippen LogP contribution in [0.1, 0.15) is 309 Å². The molecular formula is C57H117N2O6P. The second kappa shape index (κ2) is 49.5. The van der Waals surface area contributed by atoms with Crippen LogP contribution in [0.3, 0.4) is 0 Å². The Morgan fingerprint density at radius 3 is 1.03 bits per heavy atom. The molecule has 0 spiro atoms. The van der Waals surface area contributed by atoms with E-state index in [0.29, 0.717) is 23.9 Å². The number of hydrogen-bond acceptors (Lipinski definition) is 6. The molecule has 0 heterocycles. The van der Waals surface area contributed by atoms with E-state index in [9.17, 15) is 19.4 Å². The van der Waals surface area contributed by atoms with Gasteiger partial charge in [-0.2, -0.15) is 0 Å². The Bertz CT molecular complexity index is 1040. The summed E-state index contributed by atoms with van der Waals surface area (Å²) in [6, 6.07) is -0.794. The summed E-state index contributed by atoms with van der Waals surface area (Å²) in [5, 5.41) is 14.0. The van der Waals surface area contributed by atoms with E-state index in [1.165, 1.54) is 244 Å². The molecule has 0 bridgehead atoms. The summed E-state index contributed by atoms with van der Waals surface area (Å²) in [4.78, 5) is 25.5. The van der Waals surface area contributed by atoms with Crippen LogP contribution < -0.4 is 10.2 Å². The third-order valence-corrected chi connectivity index (χ3v) is 14.8. The number of nitrogens with one attached hydrogen (secondary N) is 1. The first kappa shape index (κ1) is 65.5. The molecule has 9 heteroatoms. The predicted molar refractivity (Wildman–Crippen MR) is 284 cm³/mol. The number of nitrogens with zero attached hydrogens (tertiary/aromatic N) is 1. The van der Waals surface area contributed by atoms with Crippen LogP contribution in [0.5, 0.6) is 0 Å². The smallest absolute Gasteiger partial charge is 0.268 e. The van der Waals surface area contributed by atoms with Crippen LogP contribution in [0.15, 0.2) is 0 Å². The van der Waals surface area contributed by atoms with Crippen LogP contribution in [0.25, 0.3) is 0 Å². The summed E-state index contributed by atoms with van der Waals surface area (Å²) in [5.74, 6) is -0.158. The fourth-order valence-corrected chi connectivity index (χ4v) is 9.94. The van der Waals surface area contributed by atoms with Gasteiger partial charge < -0.3 is 28.8 Å². The lowest BCUT2D eigenvalue weighted by Gasteiger charge is -2.30. The monoisotopic (exact) mass is 957 g/mol. The first-order chi connectivity index (χ1) is 32.0. The van der Waals surface area contributed by atoms with Crippen LogP contribution >= 0.6 is 7.82 Å². The van der Waals surface area contributed by atoms with Crippen molar-refractivity contribution in [2.45, 2.75) is 321 Å². The highest BCUT2D eigenvalue weighted by Gasteiger charge is 2.24. The Hall–Kier alpha value is -0.500. The van der Waals surface area contributed by atoms with Crippen molar-refractivity contribution in [2.75, 3.05) is 40.9 Å². The molecule has 66 heavy (non-hydrogen) atoms. The molecule has 8 nitrogen and oxygen atoms in total. The number of carbonyl (C=O) groups excluding carboxylic acids is 1. The summed E-state index contributed by atoms with van der Waals surface area (Å²) in [7, 11) is 1.32. The van der Waals surface area contributed by atoms with Gasteiger partial charge in [-0.05, 0) is 12.8 Å². The minimum atomic E-state index is -4.56. The maximum Gasteiger partial charge on any atom is 0.268 e. The number of aliphatic hydroxyl groups excluding tert-OH is 1. The number of quaternary nitrogens is 1. The Balaban J connectivity index is 3.91. The zero-order valence-corrected chi connectivity index (χ0v) is 46.1. The summed E-state index contributed by atoms with van der Waals surface area (Å²) in [6.45, 7) is 4.76. The Morgan fingerprint density at radius 2 is 0.742 bits per heavy atom. The maximum atomic E-state index is 12.9. The molecule has 2 N–H and O–H groups in total. The van der Waals surface area contributed by atoms with E-state index >= 15 is 0 Å². The molecule has 1 unspecified atom stereocenters. The number of amides is 1. The van der Waals surface area contributed by atoms with Gasteiger partial charge in [0.1, 0.15) is 13.2 Å². The molecule has 0 aromatic rings. The molecule has 396 valence electrons. The Kier molecular flexibility index (Phi) is 49.1. The van der Waals surface area contributed by atoms with Crippen LogP contribution in [0.4, 0.5) is 0 Å². The van der Waals surface area contributed by atoms with Gasteiger partial charge in [-0.1, -0.05) is 290 Å². The standard InChI is InChI=1S/C57H117N2O6P/c1-6-8-10-12-14-16-18-20-21-22-23-24-25-26-27-28-29-30-31-32-33-34-35-36-37-38-39-41-43-45-47-49-51-57(61)58-55(54-65-66(62,63)64-53-52-59(3,4)5)56(60)50-48-46-44-42-40-19-17-15-13-11-9-7-2/h55-56,60H,6-54H2,1-5H3,(H-,58,61,62,63)/t55-,56+/m0/s1. The topological polar surface area (TPSA) is 108 Å². The minimum Gasteiger partial charge on any atom is -0.756 e. The number of hydrogen-bond donors (Lipinski definition) is 2. The molecule has 1 amide bonds. The summed E-state index contributed by atoms with van der Waals surface area (Å²) in [6.07, 6.45) is 58.7. The van der Waals surface area contributed by atoms with E-state index in [0.717, 1.165) is 38.5 Å². The van der Waals surface area contributed by atoms with E-state index in [1.54, 1.807) is 0 Å². The highest BCUT2D eigenvalue weighted by atomic mass is 31.2. The number of phosphoric ester groups is 1. The lowest BCUT2D eigenvalue weighted by Crippen LogP contribution is -2.46. The predicted octanol–water partition coefficient (Wildman–Crippen LogP) is 17.0. The summed E-state index contributed by atoms with van der Waals surface area (Å²) < 4.78 is 23.4. The van der Waals surface area contributed by atoms with Crippen molar-refractivity contribution in [3.63, 3.8) is 0 Å². The van der Waals surface area contributed by atoms with Crippen LogP contribution in [0.2, 0.25) is 0 Å². The molecule has 0 rings (SSSR count). The first-order valence-corrected chi connectivity index (χ1v) is 30.8. The maximum absolute atomic E-state index is 12.9. The number of aliphatic hydroxyl groups is 1. The number of carbonyl (C=O) groups is 1.